The van der Waals surface area contributed by atoms with Crippen molar-refractivity contribution in [1.82, 2.24) is 0 Å². The fourth-order valence-electron chi connectivity index (χ4n) is 21.5. The molecule has 0 spiro atoms. The van der Waals surface area contributed by atoms with E-state index in [2.05, 4.69) is 303 Å². The molecule has 5 aliphatic rings. The van der Waals surface area contributed by atoms with E-state index >= 15 is 0 Å². The van der Waals surface area contributed by atoms with Gasteiger partial charge in [-0.1, -0.05) is 303 Å². The molecular formula is C70H50. The molecule has 0 atom stereocenters. The van der Waals surface area contributed by atoms with Crippen molar-refractivity contribution in [3.05, 3.63) is 359 Å². The highest BCUT2D eigenvalue weighted by atomic mass is 15.4. The number of hydrogen-bond donors (Lipinski definition) is 0. The van der Waals surface area contributed by atoms with Crippen molar-refractivity contribution in [2.75, 3.05) is 0 Å². The van der Waals surface area contributed by atoms with Crippen molar-refractivity contribution in [1.29, 1.82) is 0 Å². The van der Waals surface area contributed by atoms with Crippen LogP contribution in [-0.4, -0.2) is 0 Å². The summed E-state index contributed by atoms with van der Waals surface area (Å²) in [6, 6.07) is 121. The van der Waals surface area contributed by atoms with Crippen LogP contribution in [-0.2, 0) is 54.1 Å². The zero-order valence-electron chi connectivity index (χ0n) is 38.9. The Hall–Kier alpha value is -7.80. The first-order valence-corrected chi connectivity index (χ1v) is 25.4. The number of rotatable bonds is 10. The van der Waals surface area contributed by atoms with Crippen LogP contribution in [0.4, 0.5) is 0 Å². The van der Waals surface area contributed by atoms with E-state index < -0.39 is 54.1 Å². The molecule has 0 bridgehead atoms. The average molecular weight is 891 g/mol. The normalized spacial score (nSPS) is 35.7. The molecule has 0 radical (unpaired) electrons. The fourth-order valence-corrected chi connectivity index (χ4v) is 21.5. The Labute approximate surface area is 411 Å². The van der Waals surface area contributed by atoms with Crippen molar-refractivity contribution in [2.45, 2.75) is 54.1 Å². The van der Waals surface area contributed by atoms with Crippen LogP contribution in [0.15, 0.2) is 303 Å². The fraction of sp³-hybridized carbons (Fsp3) is 0.143. The topological polar surface area (TPSA) is 0 Å². The standard InChI is InChI=1S/C70H50/c1-11-31-51(32-12-1)61-62(52-33-13-2-14-34-52)65(55-39-19-5-20-40-55)63(61,53-35-15-3-16-36-53)67(57-43-23-7-24-44-57)68(58-45-25-8-26-46-58)64(61,54-37-17-4-18-38-54)66(62,56-41-21-6-22-42-56)70(68,60-49-29-10-30-50-60)69(65,67)59-47-27-9-28-48-59/h1-50H. The lowest BCUT2D eigenvalue weighted by molar-refractivity contribution is -0.329. The third-order valence-electron chi connectivity index (χ3n) is 20.5. The minimum Gasteiger partial charge on any atom is -0.0622 e. The highest BCUT2D eigenvalue weighted by Crippen LogP contribution is 3.30. The van der Waals surface area contributed by atoms with Gasteiger partial charge in [0.1, 0.15) is 0 Å². The van der Waals surface area contributed by atoms with E-state index in [9.17, 15) is 0 Å². The first-order chi connectivity index (χ1) is 34.8. The molecule has 0 heterocycles. The molecule has 0 saturated heterocycles. The third kappa shape index (κ3) is 2.96. The van der Waals surface area contributed by atoms with Crippen LogP contribution in [0, 0.1) is 0 Å². The maximum atomic E-state index is 2.56. The van der Waals surface area contributed by atoms with Crippen molar-refractivity contribution < 1.29 is 0 Å². The Bertz CT molecular complexity index is 2730. The van der Waals surface area contributed by atoms with Crippen LogP contribution >= 0.6 is 0 Å². The highest BCUT2D eigenvalue weighted by Gasteiger charge is 3.38. The molecule has 5 aliphatic carbocycles. The minimum atomic E-state index is -0.581. The van der Waals surface area contributed by atoms with E-state index in [1.807, 2.05) is 0 Å². The van der Waals surface area contributed by atoms with Gasteiger partial charge in [-0.25, -0.2) is 0 Å². The molecular weight excluding hydrogens is 841 g/mol. The summed E-state index contributed by atoms with van der Waals surface area (Å²) in [5.74, 6) is 0. The number of fused-ring (bicyclic) bond motifs is 15. The minimum absolute atomic E-state index is 0.581. The lowest BCUT2D eigenvalue weighted by atomic mass is 9.00. The Morgan fingerprint density at radius 1 is 0.100 bits per heavy atom. The summed E-state index contributed by atoms with van der Waals surface area (Å²) in [5, 5.41) is 0. The molecule has 0 aromatic heterocycles. The molecule has 10 aromatic rings. The predicted octanol–water partition coefficient (Wildman–Crippen LogP) is 14.4. The molecule has 5 fully saturated rings. The van der Waals surface area contributed by atoms with Crippen LogP contribution in [0.5, 0.6) is 0 Å². The molecule has 0 N–H and O–H groups in total. The van der Waals surface area contributed by atoms with Crippen LogP contribution in [0.2, 0.25) is 0 Å². The quantitative estimate of drug-likeness (QED) is 0.120. The second-order valence-corrected chi connectivity index (χ2v) is 21.2. The Kier molecular flexibility index (Phi) is 7.09. The van der Waals surface area contributed by atoms with E-state index in [1.165, 1.54) is 55.6 Å². The summed E-state index contributed by atoms with van der Waals surface area (Å²) in [5.41, 5.74) is 8.43. The maximum Gasteiger partial charge on any atom is 0.0299 e. The zero-order chi connectivity index (χ0) is 46.1. The average Bonchev–Trinajstić information content (AvgIpc) is 3.70. The SMILES string of the molecule is c1ccc(C23C4(c5ccccc5)C5(c6ccccc6)C2(c2ccccc2)C2(c6ccccc6)C3(c3ccccc3)C3(c6ccccc6)C4(c4ccccc4)C5(c4ccccc4)C23c2ccccc2)cc1. The monoisotopic (exact) mass is 890 g/mol. The van der Waals surface area contributed by atoms with E-state index in [1.54, 1.807) is 0 Å². The smallest absolute Gasteiger partial charge is 0.0299 e. The van der Waals surface area contributed by atoms with E-state index in [4.69, 9.17) is 0 Å². The van der Waals surface area contributed by atoms with Gasteiger partial charge in [0.25, 0.3) is 0 Å². The van der Waals surface area contributed by atoms with E-state index in [0.717, 1.165) is 0 Å². The first-order valence-electron chi connectivity index (χ1n) is 25.4. The third-order valence-corrected chi connectivity index (χ3v) is 20.5. The second kappa shape index (κ2) is 12.7. The number of benzene rings is 10. The van der Waals surface area contributed by atoms with Gasteiger partial charge in [-0.05, 0) is 55.6 Å². The molecule has 0 nitrogen and oxygen atoms in total. The van der Waals surface area contributed by atoms with Gasteiger partial charge in [0.15, 0.2) is 0 Å². The molecule has 0 unspecified atom stereocenters. The van der Waals surface area contributed by atoms with Gasteiger partial charge in [0.2, 0.25) is 0 Å². The van der Waals surface area contributed by atoms with Gasteiger partial charge in [-0.15, -0.1) is 0 Å². The Balaban J connectivity index is 1.34. The van der Waals surface area contributed by atoms with Gasteiger partial charge in [0.05, 0.1) is 0 Å². The molecule has 0 aliphatic heterocycles. The van der Waals surface area contributed by atoms with Gasteiger partial charge in [-0.2, -0.15) is 0 Å². The highest BCUT2D eigenvalue weighted by molar-refractivity contribution is 6.10. The predicted molar refractivity (Wildman–Crippen MR) is 281 cm³/mol. The Morgan fingerprint density at radius 2 is 0.171 bits per heavy atom. The first kappa shape index (κ1) is 39.1. The molecule has 70 heavy (non-hydrogen) atoms. The molecule has 10 aromatic carbocycles. The van der Waals surface area contributed by atoms with Gasteiger partial charge in [0, 0.05) is 54.1 Å². The van der Waals surface area contributed by atoms with Crippen molar-refractivity contribution in [3.8, 4) is 0 Å². The summed E-state index contributed by atoms with van der Waals surface area (Å²) in [6.45, 7) is 0. The van der Waals surface area contributed by atoms with Crippen LogP contribution in [0.25, 0.3) is 0 Å². The largest absolute Gasteiger partial charge is 0.0622 e. The summed E-state index contributed by atoms with van der Waals surface area (Å²) in [6.07, 6.45) is 0. The molecule has 15 rings (SSSR count). The van der Waals surface area contributed by atoms with Crippen molar-refractivity contribution >= 4 is 0 Å². The van der Waals surface area contributed by atoms with Crippen molar-refractivity contribution in [2.24, 2.45) is 0 Å². The molecule has 5 saturated carbocycles. The van der Waals surface area contributed by atoms with Crippen LogP contribution < -0.4 is 0 Å². The van der Waals surface area contributed by atoms with E-state index in [0.29, 0.717) is 0 Å². The summed E-state index contributed by atoms with van der Waals surface area (Å²) >= 11 is 0. The van der Waals surface area contributed by atoms with Crippen molar-refractivity contribution in [3.63, 3.8) is 0 Å². The summed E-state index contributed by atoms with van der Waals surface area (Å²) in [4.78, 5) is 0. The van der Waals surface area contributed by atoms with Gasteiger partial charge < -0.3 is 0 Å². The van der Waals surface area contributed by atoms with Crippen LogP contribution in [0.3, 0.4) is 0 Å². The summed E-state index contributed by atoms with van der Waals surface area (Å²) in [7, 11) is 0. The maximum absolute atomic E-state index is 2.56. The van der Waals surface area contributed by atoms with Gasteiger partial charge >= 0.3 is 0 Å². The van der Waals surface area contributed by atoms with E-state index in [-0.39, 0.29) is 0 Å². The second-order valence-electron chi connectivity index (χ2n) is 21.2. The molecule has 0 heteroatoms. The van der Waals surface area contributed by atoms with Crippen LogP contribution in [0.1, 0.15) is 55.6 Å². The molecule has 330 valence electrons. The lowest BCUT2D eigenvalue weighted by Crippen LogP contribution is -3.07. The molecule has 0 amide bonds. The zero-order valence-corrected chi connectivity index (χ0v) is 38.9. The lowest BCUT2D eigenvalue weighted by Gasteiger charge is -2.99. The van der Waals surface area contributed by atoms with Gasteiger partial charge in [-0.3, -0.25) is 0 Å². The number of hydrogen-bond acceptors (Lipinski definition) is 0. The summed E-state index contributed by atoms with van der Waals surface area (Å²) < 4.78 is 0. The Morgan fingerprint density at radius 3 is 0.243 bits per heavy atom.